The van der Waals surface area contributed by atoms with E-state index in [1.807, 2.05) is 5.51 Å². The van der Waals surface area contributed by atoms with Crippen LogP contribution in [0.5, 0.6) is 0 Å². The highest BCUT2D eigenvalue weighted by Crippen LogP contribution is 2.15. The van der Waals surface area contributed by atoms with Gasteiger partial charge in [-0.05, 0) is 26.4 Å². The molecule has 1 aromatic heterocycles. The molecule has 86 valence electrons. The molecule has 0 amide bonds. The summed E-state index contributed by atoms with van der Waals surface area (Å²) in [6.45, 7) is 7.11. The van der Waals surface area contributed by atoms with Crippen LogP contribution in [0.15, 0.2) is 5.51 Å². The zero-order chi connectivity index (χ0) is 11.3. The molecule has 0 spiro atoms. The molecule has 1 aromatic rings. The maximum Gasteiger partial charge on any atom is 0.0798 e. The van der Waals surface area contributed by atoms with Crippen LogP contribution in [-0.2, 0) is 6.54 Å². The number of aromatic nitrogens is 1. The average Bonchev–Trinajstić information content (AvgIpc) is 2.61. The average molecular weight is 227 g/mol. The third-order valence-corrected chi connectivity index (χ3v) is 3.66. The van der Waals surface area contributed by atoms with Crippen molar-refractivity contribution in [3.05, 3.63) is 16.1 Å². The van der Waals surface area contributed by atoms with Crippen LogP contribution in [0.4, 0.5) is 0 Å². The first-order valence-corrected chi connectivity index (χ1v) is 6.32. The Kier molecular flexibility index (Phi) is 5.22. The van der Waals surface area contributed by atoms with Crippen LogP contribution < -0.4 is 5.73 Å². The van der Waals surface area contributed by atoms with Crippen molar-refractivity contribution in [1.82, 2.24) is 9.88 Å². The smallest absolute Gasteiger partial charge is 0.0798 e. The summed E-state index contributed by atoms with van der Waals surface area (Å²) in [6, 6.07) is 0. The predicted octanol–water partition coefficient (Wildman–Crippen LogP) is 1.87. The lowest BCUT2D eigenvalue weighted by molar-refractivity contribution is 0.269. The monoisotopic (exact) mass is 227 g/mol. The molecule has 1 rings (SSSR count). The van der Waals surface area contributed by atoms with E-state index in [-0.39, 0.29) is 0 Å². The standard InChI is InChI=1S/C11H21N3S/c1-4-10(5-12)6-14(3)7-11-9(2)13-8-15-11/h8,10H,4-7,12H2,1-3H3. The molecule has 4 heteroatoms. The molecule has 15 heavy (non-hydrogen) atoms. The molecule has 0 aliphatic carbocycles. The molecule has 0 radical (unpaired) electrons. The van der Waals surface area contributed by atoms with Gasteiger partial charge in [0.15, 0.2) is 0 Å². The predicted molar refractivity (Wildman–Crippen MR) is 66.0 cm³/mol. The fourth-order valence-corrected chi connectivity index (χ4v) is 2.46. The number of aryl methyl sites for hydroxylation is 1. The summed E-state index contributed by atoms with van der Waals surface area (Å²) in [4.78, 5) is 7.96. The minimum atomic E-state index is 0.614. The number of nitrogens with zero attached hydrogens (tertiary/aromatic N) is 2. The van der Waals surface area contributed by atoms with Gasteiger partial charge in [-0.15, -0.1) is 11.3 Å². The molecule has 0 saturated heterocycles. The van der Waals surface area contributed by atoms with Crippen LogP contribution in [0.1, 0.15) is 23.9 Å². The zero-order valence-corrected chi connectivity index (χ0v) is 10.7. The third kappa shape index (κ3) is 3.89. The quantitative estimate of drug-likeness (QED) is 0.806. The van der Waals surface area contributed by atoms with E-state index in [0.29, 0.717) is 5.92 Å². The largest absolute Gasteiger partial charge is 0.330 e. The van der Waals surface area contributed by atoms with Gasteiger partial charge in [0.2, 0.25) is 0 Å². The van der Waals surface area contributed by atoms with Crippen LogP contribution in [-0.4, -0.2) is 30.0 Å². The van der Waals surface area contributed by atoms with Gasteiger partial charge in [-0.3, -0.25) is 0 Å². The Balaban J connectivity index is 2.42. The normalized spacial score (nSPS) is 13.4. The Morgan fingerprint density at radius 1 is 1.60 bits per heavy atom. The summed E-state index contributed by atoms with van der Waals surface area (Å²) in [5, 5.41) is 0. The van der Waals surface area contributed by atoms with Crippen LogP contribution in [0, 0.1) is 12.8 Å². The highest BCUT2D eigenvalue weighted by molar-refractivity contribution is 7.09. The van der Waals surface area contributed by atoms with E-state index in [0.717, 1.165) is 31.7 Å². The lowest BCUT2D eigenvalue weighted by Gasteiger charge is -2.21. The second-order valence-corrected chi connectivity index (χ2v) is 5.01. The first kappa shape index (κ1) is 12.6. The Bertz CT molecular complexity index is 281. The molecule has 0 saturated carbocycles. The molecule has 2 N–H and O–H groups in total. The van der Waals surface area contributed by atoms with Gasteiger partial charge in [-0.1, -0.05) is 13.3 Å². The van der Waals surface area contributed by atoms with E-state index in [9.17, 15) is 0 Å². The molecule has 0 aliphatic heterocycles. The van der Waals surface area contributed by atoms with E-state index in [2.05, 4.69) is 30.8 Å². The van der Waals surface area contributed by atoms with Gasteiger partial charge in [0.05, 0.1) is 11.2 Å². The molecule has 0 aliphatic rings. The summed E-state index contributed by atoms with van der Waals surface area (Å²) in [7, 11) is 2.15. The number of rotatable bonds is 6. The second kappa shape index (κ2) is 6.20. The van der Waals surface area contributed by atoms with Gasteiger partial charge in [-0.25, -0.2) is 4.98 Å². The minimum absolute atomic E-state index is 0.614. The van der Waals surface area contributed by atoms with Gasteiger partial charge < -0.3 is 10.6 Å². The molecule has 1 heterocycles. The van der Waals surface area contributed by atoms with Crippen molar-refractivity contribution in [3.8, 4) is 0 Å². The number of hydrogen-bond acceptors (Lipinski definition) is 4. The first-order chi connectivity index (χ1) is 7.17. The topological polar surface area (TPSA) is 42.1 Å². The van der Waals surface area contributed by atoms with E-state index < -0.39 is 0 Å². The van der Waals surface area contributed by atoms with Gasteiger partial charge in [-0.2, -0.15) is 0 Å². The van der Waals surface area contributed by atoms with Crippen molar-refractivity contribution in [2.45, 2.75) is 26.8 Å². The third-order valence-electron chi connectivity index (χ3n) is 2.74. The van der Waals surface area contributed by atoms with Crippen molar-refractivity contribution in [3.63, 3.8) is 0 Å². The van der Waals surface area contributed by atoms with Crippen molar-refractivity contribution in [2.75, 3.05) is 20.1 Å². The zero-order valence-electron chi connectivity index (χ0n) is 9.86. The Hall–Kier alpha value is -0.450. The maximum absolute atomic E-state index is 5.70. The second-order valence-electron chi connectivity index (χ2n) is 4.07. The fourth-order valence-electron chi connectivity index (χ4n) is 1.60. The van der Waals surface area contributed by atoms with E-state index in [4.69, 9.17) is 5.73 Å². The first-order valence-electron chi connectivity index (χ1n) is 5.44. The fraction of sp³-hybridized carbons (Fsp3) is 0.727. The van der Waals surface area contributed by atoms with Gasteiger partial charge in [0.1, 0.15) is 0 Å². The van der Waals surface area contributed by atoms with Crippen LogP contribution in [0.3, 0.4) is 0 Å². The van der Waals surface area contributed by atoms with Gasteiger partial charge in [0.25, 0.3) is 0 Å². The summed E-state index contributed by atoms with van der Waals surface area (Å²) in [6.07, 6.45) is 1.16. The molecular formula is C11H21N3S. The lowest BCUT2D eigenvalue weighted by Crippen LogP contribution is -2.29. The van der Waals surface area contributed by atoms with Crippen molar-refractivity contribution >= 4 is 11.3 Å². The Labute approximate surface area is 96.3 Å². The summed E-state index contributed by atoms with van der Waals surface area (Å²) >= 11 is 1.74. The Morgan fingerprint density at radius 2 is 2.33 bits per heavy atom. The van der Waals surface area contributed by atoms with Gasteiger partial charge in [0, 0.05) is 18.0 Å². The highest BCUT2D eigenvalue weighted by Gasteiger charge is 2.10. The SMILES string of the molecule is CCC(CN)CN(C)Cc1scnc1C. The van der Waals surface area contributed by atoms with Crippen molar-refractivity contribution in [1.29, 1.82) is 0 Å². The molecule has 0 bridgehead atoms. The molecule has 0 fully saturated rings. The van der Waals surface area contributed by atoms with E-state index in [1.165, 1.54) is 4.88 Å². The van der Waals surface area contributed by atoms with Crippen molar-refractivity contribution < 1.29 is 0 Å². The number of thiazole rings is 1. The summed E-state index contributed by atoms with van der Waals surface area (Å²) < 4.78 is 0. The van der Waals surface area contributed by atoms with Crippen LogP contribution in [0.2, 0.25) is 0 Å². The molecule has 3 nitrogen and oxygen atoms in total. The number of hydrogen-bond donors (Lipinski definition) is 1. The maximum atomic E-state index is 5.70. The summed E-state index contributed by atoms with van der Waals surface area (Å²) in [5.74, 6) is 0.614. The number of nitrogens with two attached hydrogens (primary N) is 1. The lowest BCUT2D eigenvalue weighted by atomic mass is 10.1. The van der Waals surface area contributed by atoms with Crippen molar-refractivity contribution in [2.24, 2.45) is 11.7 Å². The highest BCUT2D eigenvalue weighted by atomic mass is 32.1. The molecular weight excluding hydrogens is 206 g/mol. The Morgan fingerprint density at radius 3 is 2.80 bits per heavy atom. The molecule has 0 aromatic carbocycles. The van der Waals surface area contributed by atoms with Gasteiger partial charge >= 0.3 is 0 Å². The van der Waals surface area contributed by atoms with E-state index in [1.54, 1.807) is 11.3 Å². The molecule has 1 atom stereocenters. The summed E-state index contributed by atoms with van der Waals surface area (Å²) in [5.41, 5.74) is 8.77. The minimum Gasteiger partial charge on any atom is -0.330 e. The van der Waals surface area contributed by atoms with E-state index >= 15 is 0 Å². The van der Waals surface area contributed by atoms with Crippen LogP contribution >= 0.6 is 11.3 Å². The van der Waals surface area contributed by atoms with Crippen LogP contribution in [0.25, 0.3) is 0 Å². The molecule has 1 unspecified atom stereocenters.